The van der Waals surface area contributed by atoms with Crippen LogP contribution in [-0.4, -0.2) is 43.8 Å². The molecule has 0 bridgehead atoms. The first kappa shape index (κ1) is 12.0. The second-order valence-corrected chi connectivity index (χ2v) is 4.75. The van der Waals surface area contributed by atoms with Crippen molar-refractivity contribution in [3.05, 3.63) is 0 Å². The summed E-state index contributed by atoms with van der Waals surface area (Å²) in [6.45, 7) is 4.07. The van der Waals surface area contributed by atoms with Crippen molar-refractivity contribution in [2.75, 3.05) is 27.3 Å². The second kappa shape index (κ2) is 5.10. The summed E-state index contributed by atoms with van der Waals surface area (Å²) < 4.78 is 5.12. The highest BCUT2D eigenvalue weighted by Crippen LogP contribution is 2.32. The van der Waals surface area contributed by atoms with Gasteiger partial charge in [0.2, 0.25) is 0 Å². The van der Waals surface area contributed by atoms with Crippen molar-refractivity contribution in [1.29, 1.82) is 0 Å². The predicted octanol–water partition coefficient (Wildman–Crippen LogP) is 1.22. The van der Waals surface area contributed by atoms with E-state index in [2.05, 4.69) is 18.9 Å². The maximum Gasteiger partial charge on any atom is 0.0615 e. The Morgan fingerprint density at radius 3 is 2.57 bits per heavy atom. The van der Waals surface area contributed by atoms with Crippen LogP contribution in [0.15, 0.2) is 0 Å². The molecule has 14 heavy (non-hydrogen) atoms. The van der Waals surface area contributed by atoms with Crippen LogP contribution in [0.25, 0.3) is 0 Å². The normalized spacial score (nSPS) is 22.1. The number of likely N-dealkylation sites (N-methyl/N-ethyl adjacent to an activating group) is 1. The second-order valence-electron chi connectivity index (χ2n) is 4.75. The third-order valence-corrected chi connectivity index (χ3v) is 3.47. The molecule has 2 N–H and O–H groups in total. The fourth-order valence-corrected chi connectivity index (χ4v) is 1.87. The zero-order valence-electron chi connectivity index (χ0n) is 9.75. The fraction of sp³-hybridized carbons (Fsp3) is 1.00. The van der Waals surface area contributed by atoms with Gasteiger partial charge in [0.05, 0.1) is 6.61 Å². The Morgan fingerprint density at radius 2 is 2.14 bits per heavy atom. The fourth-order valence-electron chi connectivity index (χ4n) is 1.87. The van der Waals surface area contributed by atoms with Gasteiger partial charge in [0.1, 0.15) is 0 Å². The summed E-state index contributed by atoms with van der Waals surface area (Å²) in [6, 6.07) is 0.490. The predicted molar refractivity (Wildman–Crippen MR) is 59.4 cm³/mol. The maximum atomic E-state index is 6.17. The van der Waals surface area contributed by atoms with Gasteiger partial charge in [0, 0.05) is 18.7 Å². The van der Waals surface area contributed by atoms with Gasteiger partial charge in [-0.05, 0) is 46.2 Å². The van der Waals surface area contributed by atoms with Gasteiger partial charge in [-0.2, -0.15) is 0 Å². The van der Waals surface area contributed by atoms with Crippen LogP contribution in [0, 0.1) is 0 Å². The van der Waals surface area contributed by atoms with Crippen molar-refractivity contribution in [1.82, 2.24) is 4.90 Å². The molecule has 1 aliphatic carbocycles. The van der Waals surface area contributed by atoms with E-state index in [-0.39, 0.29) is 5.54 Å². The van der Waals surface area contributed by atoms with Gasteiger partial charge in [-0.15, -0.1) is 0 Å². The van der Waals surface area contributed by atoms with E-state index in [0.29, 0.717) is 6.04 Å². The highest BCUT2D eigenvalue weighted by Gasteiger charge is 2.32. The summed E-state index contributed by atoms with van der Waals surface area (Å²) in [5.74, 6) is 0. The van der Waals surface area contributed by atoms with E-state index in [9.17, 15) is 0 Å². The number of nitrogens with two attached hydrogens (primary N) is 1. The minimum Gasteiger partial charge on any atom is -0.383 e. The quantitative estimate of drug-likeness (QED) is 0.701. The van der Waals surface area contributed by atoms with Gasteiger partial charge in [-0.3, -0.25) is 0 Å². The number of ether oxygens (including phenoxy) is 1. The molecule has 0 amide bonds. The third kappa shape index (κ3) is 3.23. The lowest BCUT2D eigenvalue weighted by atomic mass is 9.75. The van der Waals surface area contributed by atoms with Crippen LogP contribution in [0.2, 0.25) is 0 Å². The number of methoxy groups -OCH3 is 1. The Kier molecular flexibility index (Phi) is 4.35. The molecule has 0 aliphatic heterocycles. The van der Waals surface area contributed by atoms with Crippen molar-refractivity contribution in [2.45, 2.75) is 44.2 Å². The number of rotatable bonds is 6. The highest BCUT2D eigenvalue weighted by molar-refractivity contribution is 4.93. The lowest BCUT2D eigenvalue weighted by Crippen LogP contribution is -2.49. The zero-order valence-corrected chi connectivity index (χ0v) is 9.75. The van der Waals surface area contributed by atoms with Gasteiger partial charge in [-0.1, -0.05) is 0 Å². The Hall–Kier alpha value is -0.120. The minimum absolute atomic E-state index is 0.154. The summed E-state index contributed by atoms with van der Waals surface area (Å²) in [7, 11) is 3.90. The lowest BCUT2D eigenvalue weighted by molar-refractivity contribution is 0.103. The minimum atomic E-state index is 0.154. The molecule has 84 valence electrons. The first-order valence-electron chi connectivity index (χ1n) is 5.55. The van der Waals surface area contributed by atoms with Gasteiger partial charge in [0.25, 0.3) is 0 Å². The summed E-state index contributed by atoms with van der Waals surface area (Å²) in [5.41, 5.74) is 6.32. The van der Waals surface area contributed by atoms with Crippen molar-refractivity contribution in [2.24, 2.45) is 5.73 Å². The molecular formula is C11H24N2O. The molecule has 1 unspecified atom stereocenters. The van der Waals surface area contributed by atoms with E-state index in [0.717, 1.165) is 19.6 Å². The average Bonchev–Trinajstić information content (AvgIpc) is 2.11. The van der Waals surface area contributed by atoms with Gasteiger partial charge >= 0.3 is 0 Å². The molecule has 0 aromatic heterocycles. The van der Waals surface area contributed by atoms with E-state index in [4.69, 9.17) is 10.5 Å². The van der Waals surface area contributed by atoms with Crippen LogP contribution in [0.3, 0.4) is 0 Å². The molecule has 3 nitrogen and oxygen atoms in total. The van der Waals surface area contributed by atoms with E-state index >= 15 is 0 Å². The number of hydrogen-bond acceptors (Lipinski definition) is 3. The molecule has 3 heteroatoms. The van der Waals surface area contributed by atoms with Crippen molar-refractivity contribution in [3.63, 3.8) is 0 Å². The molecule has 0 saturated heterocycles. The standard InChI is InChI=1S/C11H24N2O/c1-10(9-14-3)13(2)8-7-11(12)5-4-6-11/h10H,4-9,12H2,1-3H3. The van der Waals surface area contributed by atoms with Crippen molar-refractivity contribution in [3.8, 4) is 0 Å². The number of hydrogen-bond donors (Lipinski definition) is 1. The zero-order chi connectivity index (χ0) is 10.6. The smallest absolute Gasteiger partial charge is 0.0615 e. The molecule has 0 aromatic rings. The third-order valence-electron chi connectivity index (χ3n) is 3.47. The molecule has 1 saturated carbocycles. The molecule has 1 aliphatic rings. The molecule has 0 radical (unpaired) electrons. The summed E-state index contributed by atoms with van der Waals surface area (Å²) in [4.78, 5) is 2.33. The monoisotopic (exact) mass is 200 g/mol. The first-order chi connectivity index (χ1) is 6.57. The SMILES string of the molecule is COCC(C)N(C)CCC1(N)CCC1. The molecule has 1 atom stereocenters. The van der Waals surface area contributed by atoms with Crippen LogP contribution in [0.5, 0.6) is 0 Å². The Bertz CT molecular complexity index is 169. The van der Waals surface area contributed by atoms with Gasteiger partial charge in [-0.25, -0.2) is 0 Å². The van der Waals surface area contributed by atoms with Crippen LogP contribution in [0.4, 0.5) is 0 Å². The summed E-state index contributed by atoms with van der Waals surface area (Å²) >= 11 is 0. The summed E-state index contributed by atoms with van der Waals surface area (Å²) in [5, 5.41) is 0. The number of nitrogens with zero attached hydrogens (tertiary/aromatic N) is 1. The van der Waals surface area contributed by atoms with E-state index in [1.807, 2.05) is 0 Å². The largest absolute Gasteiger partial charge is 0.383 e. The molecule has 0 spiro atoms. The van der Waals surface area contributed by atoms with E-state index in [1.165, 1.54) is 19.3 Å². The van der Waals surface area contributed by atoms with Crippen molar-refractivity contribution < 1.29 is 4.74 Å². The van der Waals surface area contributed by atoms with Crippen LogP contribution in [-0.2, 0) is 4.74 Å². The van der Waals surface area contributed by atoms with Gasteiger partial charge in [0.15, 0.2) is 0 Å². The Morgan fingerprint density at radius 1 is 1.50 bits per heavy atom. The lowest BCUT2D eigenvalue weighted by Gasteiger charge is -2.40. The van der Waals surface area contributed by atoms with E-state index < -0.39 is 0 Å². The molecular weight excluding hydrogens is 176 g/mol. The Balaban J connectivity index is 2.16. The first-order valence-corrected chi connectivity index (χ1v) is 5.55. The average molecular weight is 200 g/mol. The molecule has 0 heterocycles. The van der Waals surface area contributed by atoms with Crippen LogP contribution >= 0.6 is 0 Å². The molecule has 1 rings (SSSR count). The van der Waals surface area contributed by atoms with Crippen LogP contribution < -0.4 is 5.73 Å². The highest BCUT2D eigenvalue weighted by atomic mass is 16.5. The molecule has 0 aromatic carbocycles. The van der Waals surface area contributed by atoms with Crippen LogP contribution in [0.1, 0.15) is 32.6 Å². The molecule has 1 fully saturated rings. The van der Waals surface area contributed by atoms with E-state index in [1.54, 1.807) is 7.11 Å². The van der Waals surface area contributed by atoms with Gasteiger partial charge < -0.3 is 15.4 Å². The maximum absolute atomic E-state index is 6.17. The van der Waals surface area contributed by atoms with Crippen molar-refractivity contribution >= 4 is 0 Å². The Labute approximate surface area is 87.6 Å². The summed E-state index contributed by atoms with van der Waals surface area (Å²) in [6.07, 6.45) is 4.85. The topological polar surface area (TPSA) is 38.5 Å².